The van der Waals surface area contributed by atoms with E-state index in [2.05, 4.69) is 46.4 Å². The summed E-state index contributed by atoms with van der Waals surface area (Å²) in [7, 11) is 0. The molecule has 1 heterocycles. The van der Waals surface area contributed by atoms with Crippen LogP contribution in [0, 0.1) is 0 Å². The lowest BCUT2D eigenvalue weighted by molar-refractivity contribution is 0.0342. The molecule has 0 unspecified atom stereocenters. The topological polar surface area (TPSA) is 36.5 Å². The minimum absolute atomic E-state index is 0.617. The van der Waals surface area contributed by atoms with Crippen LogP contribution in [0.5, 0.6) is 0 Å². The van der Waals surface area contributed by atoms with E-state index in [4.69, 9.17) is 17.0 Å². The van der Waals surface area contributed by atoms with Crippen LogP contribution in [0.4, 0.5) is 5.69 Å². The van der Waals surface area contributed by atoms with Crippen molar-refractivity contribution in [1.82, 2.24) is 10.2 Å². The van der Waals surface area contributed by atoms with Crippen molar-refractivity contribution in [3.8, 4) is 0 Å². The van der Waals surface area contributed by atoms with Gasteiger partial charge in [0.1, 0.15) is 0 Å². The van der Waals surface area contributed by atoms with Gasteiger partial charge in [0, 0.05) is 31.9 Å². The second kappa shape index (κ2) is 7.99. The van der Waals surface area contributed by atoms with E-state index in [0.717, 1.165) is 38.5 Å². The lowest BCUT2D eigenvalue weighted by Gasteiger charge is -2.26. The monoisotopic (exact) mass is 291 g/mol. The van der Waals surface area contributed by atoms with Gasteiger partial charge in [-0.05, 0) is 29.9 Å². The summed E-state index contributed by atoms with van der Waals surface area (Å²) in [6.07, 6.45) is 1.78. The molecule has 1 saturated heterocycles. The largest absolute Gasteiger partial charge is 0.379 e. The molecule has 1 aliphatic rings. The Morgan fingerprint density at radius 3 is 2.65 bits per heavy atom. The highest BCUT2D eigenvalue weighted by Gasteiger charge is 2.10. The highest BCUT2D eigenvalue weighted by Crippen LogP contribution is 2.12. The van der Waals surface area contributed by atoms with Crippen LogP contribution >= 0.6 is 12.2 Å². The smallest absolute Gasteiger partial charge is 0.171 e. The molecule has 1 aliphatic heterocycles. The first-order chi connectivity index (χ1) is 9.78. The number of thiocarbonyl (C=S) groups is 1. The van der Waals surface area contributed by atoms with Crippen molar-refractivity contribution in [3.63, 3.8) is 0 Å². The second-order valence-electron chi connectivity index (χ2n) is 4.71. The molecular weight excluding hydrogens is 270 g/mol. The summed E-state index contributed by atoms with van der Waals surface area (Å²) < 4.78 is 5.35. The Morgan fingerprint density at radius 2 is 2.00 bits per heavy atom. The number of ether oxygens (including phenoxy) is 1. The molecule has 1 aromatic rings. The maximum Gasteiger partial charge on any atom is 0.171 e. The van der Waals surface area contributed by atoms with Crippen LogP contribution in [0.25, 0.3) is 0 Å². The average Bonchev–Trinajstić information content (AvgIpc) is 2.48. The Bertz CT molecular complexity index is 441. The van der Waals surface area contributed by atoms with Gasteiger partial charge in [-0.1, -0.05) is 18.2 Å². The fourth-order valence-electron chi connectivity index (χ4n) is 2.05. The first-order valence-corrected chi connectivity index (χ1v) is 7.23. The van der Waals surface area contributed by atoms with Crippen molar-refractivity contribution in [2.45, 2.75) is 6.54 Å². The van der Waals surface area contributed by atoms with E-state index < -0.39 is 0 Å². The van der Waals surface area contributed by atoms with Gasteiger partial charge in [-0.15, -0.1) is 6.58 Å². The van der Waals surface area contributed by atoms with E-state index in [9.17, 15) is 0 Å². The summed E-state index contributed by atoms with van der Waals surface area (Å²) >= 11 is 5.17. The van der Waals surface area contributed by atoms with Gasteiger partial charge in [0.25, 0.3) is 0 Å². The first-order valence-electron chi connectivity index (χ1n) is 6.83. The van der Waals surface area contributed by atoms with Crippen molar-refractivity contribution in [1.29, 1.82) is 0 Å². The molecule has 0 spiro atoms. The molecule has 0 aliphatic carbocycles. The lowest BCUT2D eigenvalue weighted by Crippen LogP contribution is -2.35. The Morgan fingerprint density at radius 1 is 1.30 bits per heavy atom. The van der Waals surface area contributed by atoms with Gasteiger partial charge in [-0.25, -0.2) is 0 Å². The van der Waals surface area contributed by atoms with Gasteiger partial charge in [-0.3, -0.25) is 4.90 Å². The molecule has 1 fully saturated rings. The number of hydrogen-bond acceptors (Lipinski definition) is 3. The predicted octanol–water partition coefficient (Wildman–Crippen LogP) is 1.99. The number of nitrogens with zero attached hydrogens (tertiary/aromatic N) is 1. The third-order valence-corrected chi connectivity index (χ3v) is 3.38. The van der Waals surface area contributed by atoms with E-state index in [0.29, 0.717) is 11.7 Å². The zero-order chi connectivity index (χ0) is 14.2. The zero-order valence-corrected chi connectivity index (χ0v) is 12.4. The van der Waals surface area contributed by atoms with E-state index in [1.165, 1.54) is 5.56 Å². The van der Waals surface area contributed by atoms with Crippen LogP contribution in [0.15, 0.2) is 36.9 Å². The molecule has 0 radical (unpaired) electrons. The molecule has 2 N–H and O–H groups in total. The summed E-state index contributed by atoms with van der Waals surface area (Å²) in [5, 5.41) is 6.80. The summed E-state index contributed by atoms with van der Waals surface area (Å²) in [6, 6.07) is 8.37. The molecule has 4 nitrogen and oxygen atoms in total. The quantitative estimate of drug-likeness (QED) is 0.641. The lowest BCUT2D eigenvalue weighted by atomic mass is 10.2. The maximum absolute atomic E-state index is 5.35. The Balaban J connectivity index is 1.82. The average molecular weight is 291 g/mol. The summed E-state index contributed by atoms with van der Waals surface area (Å²) in [6.45, 7) is 8.98. The van der Waals surface area contributed by atoms with E-state index in [1.807, 2.05) is 0 Å². The molecule has 0 amide bonds. The molecule has 0 atom stereocenters. The van der Waals surface area contributed by atoms with Crippen molar-refractivity contribution in [2.75, 3.05) is 38.2 Å². The van der Waals surface area contributed by atoms with Gasteiger partial charge in [0.2, 0.25) is 0 Å². The summed E-state index contributed by atoms with van der Waals surface area (Å²) in [5.41, 5.74) is 2.31. The Labute approximate surface area is 125 Å². The Hall–Kier alpha value is -1.43. The number of morpholine rings is 1. The molecular formula is C15H21N3OS. The fraction of sp³-hybridized carbons (Fsp3) is 0.400. The van der Waals surface area contributed by atoms with Crippen LogP contribution < -0.4 is 10.6 Å². The Kier molecular flexibility index (Phi) is 5.98. The highest BCUT2D eigenvalue weighted by molar-refractivity contribution is 7.80. The molecule has 5 heteroatoms. The van der Waals surface area contributed by atoms with Crippen LogP contribution in [0.3, 0.4) is 0 Å². The van der Waals surface area contributed by atoms with Crippen LogP contribution in [-0.2, 0) is 11.3 Å². The molecule has 20 heavy (non-hydrogen) atoms. The number of anilines is 1. The number of hydrogen-bond donors (Lipinski definition) is 2. The highest BCUT2D eigenvalue weighted by atomic mass is 32.1. The number of benzene rings is 1. The van der Waals surface area contributed by atoms with Crippen molar-refractivity contribution >= 4 is 23.0 Å². The first kappa shape index (κ1) is 15.0. The third kappa shape index (κ3) is 4.92. The number of nitrogens with one attached hydrogen (secondary N) is 2. The van der Waals surface area contributed by atoms with E-state index >= 15 is 0 Å². The SMILES string of the molecule is C=CCNC(=S)Nc1ccc(CN2CCOCC2)cc1. The van der Waals surface area contributed by atoms with Gasteiger partial charge in [0.05, 0.1) is 13.2 Å². The van der Waals surface area contributed by atoms with E-state index in [-0.39, 0.29) is 0 Å². The van der Waals surface area contributed by atoms with E-state index in [1.54, 1.807) is 6.08 Å². The van der Waals surface area contributed by atoms with Crippen molar-refractivity contribution in [2.24, 2.45) is 0 Å². The molecule has 1 aromatic carbocycles. The second-order valence-corrected chi connectivity index (χ2v) is 5.12. The standard InChI is InChI=1S/C15H21N3OS/c1-2-7-16-15(20)17-14-5-3-13(4-6-14)12-18-8-10-19-11-9-18/h2-6H,1,7-12H2,(H2,16,17,20). The van der Waals surface area contributed by atoms with Gasteiger partial charge in [-0.2, -0.15) is 0 Å². The summed E-state index contributed by atoms with van der Waals surface area (Å²) in [4.78, 5) is 2.40. The molecule has 0 saturated carbocycles. The van der Waals surface area contributed by atoms with Gasteiger partial charge < -0.3 is 15.4 Å². The zero-order valence-electron chi connectivity index (χ0n) is 11.6. The molecule has 0 bridgehead atoms. The minimum Gasteiger partial charge on any atom is -0.379 e. The number of rotatable bonds is 5. The van der Waals surface area contributed by atoms with Gasteiger partial charge >= 0.3 is 0 Å². The minimum atomic E-state index is 0.617. The molecule has 0 aromatic heterocycles. The van der Waals surface area contributed by atoms with Crippen molar-refractivity contribution < 1.29 is 4.74 Å². The molecule has 108 valence electrons. The predicted molar refractivity (Wildman–Crippen MR) is 87.0 cm³/mol. The fourth-order valence-corrected chi connectivity index (χ4v) is 2.25. The summed E-state index contributed by atoms with van der Waals surface area (Å²) in [5.74, 6) is 0. The normalized spacial score (nSPS) is 15.6. The molecule has 2 rings (SSSR count). The van der Waals surface area contributed by atoms with Crippen molar-refractivity contribution in [3.05, 3.63) is 42.5 Å². The maximum atomic E-state index is 5.35. The van der Waals surface area contributed by atoms with Gasteiger partial charge in [0.15, 0.2) is 5.11 Å². The van der Waals surface area contributed by atoms with Crippen LogP contribution in [0.2, 0.25) is 0 Å². The van der Waals surface area contributed by atoms with Crippen LogP contribution in [-0.4, -0.2) is 42.9 Å². The van der Waals surface area contributed by atoms with Crippen LogP contribution in [0.1, 0.15) is 5.56 Å². The third-order valence-electron chi connectivity index (χ3n) is 3.13.